The summed E-state index contributed by atoms with van der Waals surface area (Å²) in [5, 5.41) is 3.92. The molecule has 27 heavy (non-hydrogen) atoms. The Kier molecular flexibility index (Phi) is 5.21. The highest BCUT2D eigenvalue weighted by atomic mass is 16.5. The van der Waals surface area contributed by atoms with E-state index < -0.39 is 0 Å². The number of hydrogen-bond acceptors (Lipinski definition) is 5. The molecule has 148 valence electrons. The monoisotopic (exact) mass is 375 g/mol. The van der Waals surface area contributed by atoms with Crippen molar-refractivity contribution in [1.29, 1.82) is 0 Å². The Labute approximate surface area is 160 Å². The van der Waals surface area contributed by atoms with Crippen LogP contribution in [0.3, 0.4) is 0 Å². The van der Waals surface area contributed by atoms with Crippen molar-refractivity contribution in [2.24, 2.45) is 5.41 Å². The quantitative estimate of drug-likeness (QED) is 0.807. The van der Waals surface area contributed by atoms with Crippen molar-refractivity contribution in [1.82, 2.24) is 15.0 Å². The average Bonchev–Trinajstić information content (AvgIpc) is 3.37. The number of aromatic nitrogens is 1. The largest absolute Gasteiger partial charge is 0.376 e. The summed E-state index contributed by atoms with van der Waals surface area (Å²) >= 11 is 0. The number of amides is 2. The van der Waals surface area contributed by atoms with Crippen LogP contribution >= 0.6 is 0 Å². The Morgan fingerprint density at radius 1 is 1.33 bits per heavy atom. The molecule has 1 spiro atoms. The summed E-state index contributed by atoms with van der Waals surface area (Å²) in [6.45, 7) is 5.75. The van der Waals surface area contributed by atoms with Crippen LogP contribution in [0.15, 0.2) is 10.6 Å². The number of piperidine rings is 2. The van der Waals surface area contributed by atoms with E-state index in [0.29, 0.717) is 25.3 Å². The Hall–Kier alpha value is -1.89. The van der Waals surface area contributed by atoms with Crippen LogP contribution in [0.1, 0.15) is 61.7 Å². The van der Waals surface area contributed by atoms with E-state index in [1.165, 1.54) is 0 Å². The van der Waals surface area contributed by atoms with Crippen molar-refractivity contribution in [3.05, 3.63) is 17.5 Å². The maximum atomic E-state index is 12.7. The van der Waals surface area contributed by atoms with Crippen molar-refractivity contribution in [2.45, 2.75) is 58.0 Å². The van der Waals surface area contributed by atoms with Gasteiger partial charge in [-0.2, -0.15) is 0 Å². The van der Waals surface area contributed by atoms with Gasteiger partial charge in [-0.15, -0.1) is 0 Å². The SMILES string of the molecule is CCc1cc(C(=O)N2CCC3(CCC(=O)N(C[C@@H]4CCCO4)C3)CC2)on1. The number of carbonyl (C=O) groups excluding carboxylic acids is 2. The number of likely N-dealkylation sites (tertiary alicyclic amines) is 2. The van der Waals surface area contributed by atoms with Crippen LogP contribution in [0.4, 0.5) is 0 Å². The second-order valence-corrected chi connectivity index (χ2v) is 8.24. The standard InChI is InChI=1S/C20H29N3O4/c1-2-15-12-17(27-21-15)19(25)22-9-7-20(8-10-22)6-5-18(24)23(14-20)13-16-4-3-11-26-16/h12,16H,2-11,13-14H2,1H3/t16-/m0/s1. The van der Waals surface area contributed by atoms with Gasteiger partial charge < -0.3 is 19.1 Å². The number of ether oxygens (including phenoxy) is 1. The smallest absolute Gasteiger partial charge is 0.292 e. The van der Waals surface area contributed by atoms with E-state index in [4.69, 9.17) is 9.26 Å². The molecule has 3 fully saturated rings. The summed E-state index contributed by atoms with van der Waals surface area (Å²) in [7, 11) is 0. The predicted octanol–water partition coefficient (Wildman–Crippen LogP) is 2.26. The number of hydrogen-bond donors (Lipinski definition) is 0. The first-order valence-electron chi connectivity index (χ1n) is 10.2. The minimum Gasteiger partial charge on any atom is -0.376 e. The molecule has 0 bridgehead atoms. The second-order valence-electron chi connectivity index (χ2n) is 8.24. The van der Waals surface area contributed by atoms with Crippen molar-refractivity contribution in [2.75, 3.05) is 32.8 Å². The van der Waals surface area contributed by atoms with Crippen molar-refractivity contribution in [3.63, 3.8) is 0 Å². The lowest BCUT2D eigenvalue weighted by atomic mass is 9.72. The minimum atomic E-state index is -0.0693. The summed E-state index contributed by atoms with van der Waals surface area (Å²) in [6, 6.07) is 1.75. The molecule has 0 unspecified atom stereocenters. The van der Waals surface area contributed by atoms with E-state index in [2.05, 4.69) is 5.16 Å². The van der Waals surface area contributed by atoms with Gasteiger partial charge in [0, 0.05) is 45.3 Å². The third-order valence-corrected chi connectivity index (χ3v) is 6.44. The van der Waals surface area contributed by atoms with Gasteiger partial charge in [0.2, 0.25) is 11.7 Å². The van der Waals surface area contributed by atoms with Gasteiger partial charge in [-0.25, -0.2) is 0 Å². The molecule has 1 atom stereocenters. The van der Waals surface area contributed by atoms with Gasteiger partial charge in [0.05, 0.1) is 11.8 Å². The van der Waals surface area contributed by atoms with Crippen LogP contribution in [0.5, 0.6) is 0 Å². The molecule has 1 aromatic rings. The molecule has 7 nitrogen and oxygen atoms in total. The number of carbonyl (C=O) groups is 2. The molecule has 1 aromatic heterocycles. The fourth-order valence-electron chi connectivity index (χ4n) is 4.63. The van der Waals surface area contributed by atoms with Gasteiger partial charge in [-0.3, -0.25) is 9.59 Å². The Morgan fingerprint density at radius 2 is 2.15 bits per heavy atom. The van der Waals surface area contributed by atoms with Gasteiger partial charge in [-0.05, 0) is 43.9 Å². The maximum absolute atomic E-state index is 12.7. The highest BCUT2D eigenvalue weighted by Crippen LogP contribution is 2.40. The Balaban J connectivity index is 1.35. The maximum Gasteiger partial charge on any atom is 0.292 e. The van der Waals surface area contributed by atoms with Crippen LogP contribution in [0.2, 0.25) is 0 Å². The van der Waals surface area contributed by atoms with E-state index in [1.54, 1.807) is 6.07 Å². The first kappa shape index (κ1) is 18.5. The van der Waals surface area contributed by atoms with Gasteiger partial charge in [-0.1, -0.05) is 12.1 Å². The fraction of sp³-hybridized carbons (Fsp3) is 0.750. The molecule has 3 aliphatic heterocycles. The topological polar surface area (TPSA) is 75.9 Å². The molecule has 4 rings (SSSR count). The van der Waals surface area contributed by atoms with E-state index in [1.807, 2.05) is 16.7 Å². The van der Waals surface area contributed by atoms with Crippen LogP contribution in [0.25, 0.3) is 0 Å². The number of nitrogens with zero attached hydrogens (tertiary/aromatic N) is 3. The lowest BCUT2D eigenvalue weighted by Crippen LogP contribution is -2.53. The Bertz CT molecular complexity index is 687. The average molecular weight is 375 g/mol. The van der Waals surface area contributed by atoms with E-state index >= 15 is 0 Å². The summed E-state index contributed by atoms with van der Waals surface area (Å²) < 4.78 is 10.9. The van der Waals surface area contributed by atoms with Crippen LogP contribution in [-0.2, 0) is 16.0 Å². The fourth-order valence-corrected chi connectivity index (χ4v) is 4.63. The second kappa shape index (κ2) is 7.62. The van der Waals surface area contributed by atoms with E-state index in [-0.39, 0.29) is 23.3 Å². The molecule has 0 aliphatic carbocycles. The molecule has 3 saturated heterocycles. The zero-order chi connectivity index (χ0) is 18.9. The summed E-state index contributed by atoms with van der Waals surface area (Å²) in [5.41, 5.74) is 0.946. The zero-order valence-electron chi connectivity index (χ0n) is 16.1. The molecule has 0 saturated carbocycles. The Morgan fingerprint density at radius 3 is 2.81 bits per heavy atom. The van der Waals surface area contributed by atoms with Crippen LogP contribution in [-0.4, -0.2) is 65.7 Å². The molecule has 7 heteroatoms. The van der Waals surface area contributed by atoms with Crippen LogP contribution < -0.4 is 0 Å². The number of aryl methyl sites for hydroxylation is 1. The molecule has 0 radical (unpaired) electrons. The third kappa shape index (κ3) is 3.88. The molecule has 0 aromatic carbocycles. The third-order valence-electron chi connectivity index (χ3n) is 6.44. The molecule has 0 N–H and O–H groups in total. The van der Waals surface area contributed by atoms with Crippen LogP contribution in [0, 0.1) is 5.41 Å². The first-order chi connectivity index (χ1) is 13.1. The first-order valence-corrected chi connectivity index (χ1v) is 10.2. The summed E-state index contributed by atoms with van der Waals surface area (Å²) in [4.78, 5) is 28.9. The summed E-state index contributed by atoms with van der Waals surface area (Å²) in [5.74, 6) is 0.519. The predicted molar refractivity (Wildman–Crippen MR) is 98.2 cm³/mol. The van der Waals surface area contributed by atoms with Crippen molar-refractivity contribution in [3.8, 4) is 0 Å². The van der Waals surface area contributed by atoms with Gasteiger partial charge in [0.15, 0.2) is 0 Å². The molecule has 4 heterocycles. The van der Waals surface area contributed by atoms with Crippen molar-refractivity contribution >= 4 is 11.8 Å². The lowest BCUT2D eigenvalue weighted by Gasteiger charge is -2.47. The van der Waals surface area contributed by atoms with Gasteiger partial charge in [0.1, 0.15) is 0 Å². The zero-order valence-corrected chi connectivity index (χ0v) is 16.1. The van der Waals surface area contributed by atoms with Crippen molar-refractivity contribution < 1.29 is 18.8 Å². The molecular weight excluding hydrogens is 346 g/mol. The van der Waals surface area contributed by atoms with E-state index in [9.17, 15) is 9.59 Å². The lowest BCUT2D eigenvalue weighted by molar-refractivity contribution is -0.141. The minimum absolute atomic E-state index is 0.0693. The molecule has 3 aliphatic rings. The molecular formula is C20H29N3O4. The summed E-state index contributed by atoms with van der Waals surface area (Å²) in [6.07, 6.45) is 6.51. The highest BCUT2D eigenvalue weighted by molar-refractivity contribution is 5.91. The highest BCUT2D eigenvalue weighted by Gasteiger charge is 2.42. The normalized spacial score (nSPS) is 25.4. The molecule has 2 amide bonds. The van der Waals surface area contributed by atoms with Gasteiger partial charge >= 0.3 is 0 Å². The van der Waals surface area contributed by atoms with Gasteiger partial charge in [0.25, 0.3) is 5.91 Å². The number of rotatable bonds is 4. The van der Waals surface area contributed by atoms with E-state index in [0.717, 1.165) is 63.9 Å².